The van der Waals surface area contributed by atoms with Crippen LogP contribution < -0.4 is 0 Å². The lowest BCUT2D eigenvalue weighted by molar-refractivity contribution is 0.0198. The maximum atomic E-state index is 12.3. The molecule has 1 aliphatic carbocycles. The van der Waals surface area contributed by atoms with E-state index in [-0.39, 0.29) is 6.09 Å². The SMILES string of the molecule is Cc1nc2c(cc1C1CCCN(C(=O)OC(C)(C)C)C1)CC=C2. The highest BCUT2D eigenvalue weighted by Crippen LogP contribution is 2.32. The number of pyridine rings is 1. The van der Waals surface area contributed by atoms with Crippen LogP contribution in [0.1, 0.15) is 62.0 Å². The number of fused-ring (bicyclic) bond motifs is 1. The molecule has 0 spiro atoms. The van der Waals surface area contributed by atoms with Crippen molar-refractivity contribution in [1.29, 1.82) is 0 Å². The highest BCUT2D eigenvalue weighted by molar-refractivity contribution is 5.68. The zero-order valence-electron chi connectivity index (χ0n) is 14.6. The number of nitrogens with zero attached hydrogens (tertiary/aromatic N) is 2. The molecule has 0 N–H and O–H groups in total. The van der Waals surface area contributed by atoms with E-state index in [2.05, 4.69) is 25.1 Å². The first-order chi connectivity index (χ1) is 10.8. The van der Waals surface area contributed by atoms with Crippen molar-refractivity contribution >= 4 is 12.2 Å². The third-order valence-electron chi connectivity index (χ3n) is 4.49. The van der Waals surface area contributed by atoms with Crippen molar-refractivity contribution in [2.45, 2.75) is 58.5 Å². The fraction of sp³-hybridized carbons (Fsp3) is 0.579. The quantitative estimate of drug-likeness (QED) is 0.784. The molecule has 0 bridgehead atoms. The summed E-state index contributed by atoms with van der Waals surface area (Å²) < 4.78 is 5.53. The topological polar surface area (TPSA) is 42.4 Å². The van der Waals surface area contributed by atoms with Crippen LogP contribution in [0.25, 0.3) is 6.08 Å². The average Bonchev–Trinajstić information content (AvgIpc) is 2.92. The van der Waals surface area contributed by atoms with Crippen molar-refractivity contribution in [3.63, 3.8) is 0 Å². The van der Waals surface area contributed by atoms with Crippen LogP contribution in [0.15, 0.2) is 12.1 Å². The van der Waals surface area contributed by atoms with Gasteiger partial charge in [0.1, 0.15) is 5.60 Å². The number of rotatable bonds is 1. The van der Waals surface area contributed by atoms with E-state index in [1.54, 1.807) is 0 Å². The standard InChI is InChI=1S/C19H26N2O2/c1-13-16(11-14-7-5-9-17(14)20-13)15-8-6-10-21(12-15)18(22)23-19(2,3)4/h5,9,11,15H,6-8,10,12H2,1-4H3. The van der Waals surface area contributed by atoms with E-state index in [0.717, 1.165) is 43.7 Å². The van der Waals surface area contributed by atoms with E-state index < -0.39 is 5.60 Å². The van der Waals surface area contributed by atoms with Gasteiger partial charge in [-0.3, -0.25) is 4.98 Å². The summed E-state index contributed by atoms with van der Waals surface area (Å²) in [5.41, 5.74) is 4.35. The van der Waals surface area contributed by atoms with E-state index in [1.165, 1.54) is 11.1 Å². The summed E-state index contributed by atoms with van der Waals surface area (Å²) in [5.74, 6) is 0.356. The highest BCUT2D eigenvalue weighted by atomic mass is 16.6. The Morgan fingerprint density at radius 1 is 1.39 bits per heavy atom. The Bertz CT molecular complexity index is 644. The van der Waals surface area contributed by atoms with Crippen LogP contribution in [0.2, 0.25) is 0 Å². The third kappa shape index (κ3) is 3.57. The van der Waals surface area contributed by atoms with Crippen molar-refractivity contribution in [3.8, 4) is 0 Å². The van der Waals surface area contributed by atoms with Gasteiger partial charge in [-0.05, 0) is 64.2 Å². The fourth-order valence-electron chi connectivity index (χ4n) is 3.43. The summed E-state index contributed by atoms with van der Waals surface area (Å²) in [7, 11) is 0. The zero-order valence-corrected chi connectivity index (χ0v) is 14.6. The minimum absolute atomic E-state index is 0.198. The van der Waals surface area contributed by atoms with Crippen LogP contribution in [0.5, 0.6) is 0 Å². The van der Waals surface area contributed by atoms with E-state index in [4.69, 9.17) is 9.72 Å². The van der Waals surface area contributed by atoms with Gasteiger partial charge in [-0.15, -0.1) is 0 Å². The molecule has 0 saturated carbocycles. The highest BCUT2D eigenvalue weighted by Gasteiger charge is 2.29. The number of carbonyl (C=O) groups excluding carboxylic acids is 1. The molecule has 23 heavy (non-hydrogen) atoms. The van der Waals surface area contributed by atoms with Gasteiger partial charge in [0.25, 0.3) is 0 Å². The van der Waals surface area contributed by atoms with Crippen LogP contribution >= 0.6 is 0 Å². The van der Waals surface area contributed by atoms with Crippen molar-refractivity contribution < 1.29 is 9.53 Å². The molecule has 0 radical (unpaired) electrons. The van der Waals surface area contributed by atoms with E-state index in [9.17, 15) is 4.79 Å². The average molecular weight is 314 g/mol. The van der Waals surface area contributed by atoms with Crippen LogP contribution in [-0.2, 0) is 11.2 Å². The van der Waals surface area contributed by atoms with Gasteiger partial charge in [-0.25, -0.2) is 4.79 Å². The number of carbonyl (C=O) groups is 1. The van der Waals surface area contributed by atoms with Gasteiger partial charge in [-0.2, -0.15) is 0 Å². The molecule has 1 atom stereocenters. The Balaban J connectivity index is 1.76. The molecule has 1 aliphatic heterocycles. The summed E-state index contributed by atoms with van der Waals surface area (Å²) in [6.45, 7) is 9.32. The number of hydrogen-bond donors (Lipinski definition) is 0. The number of likely N-dealkylation sites (tertiary alicyclic amines) is 1. The molecular formula is C19H26N2O2. The second-order valence-electron chi connectivity index (χ2n) is 7.58. The Kier molecular flexibility index (Phi) is 4.17. The summed E-state index contributed by atoms with van der Waals surface area (Å²) in [4.78, 5) is 18.9. The fourth-order valence-corrected chi connectivity index (χ4v) is 3.43. The first-order valence-electron chi connectivity index (χ1n) is 8.48. The van der Waals surface area contributed by atoms with Gasteiger partial charge in [0.15, 0.2) is 0 Å². The second-order valence-corrected chi connectivity index (χ2v) is 7.58. The van der Waals surface area contributed by atoms with Gasteiger partial charge >= 0.3 is 6.09 Å². The summed E-state index contributed by atoms with van der Waals surface area (Å²) in [6, 6.07) is 2.29. The third-order valence-corrected chi connectivity index (χ3v) is 4.49. The molecular weight excluding hydrogens is 288 g/mol. The van der Waals surface area contributed by atoms with Crippen LogP contribution in [0.3, 0.4) is 0 Å². The zero-order chi connectivity index (χ0) is 16.6. The van der Waals surface area contributed by atoms with Crippen molar-refractivity contribution in [2.24, 2.45) is 0 Å². The number of aromatic nitrogens is 1. The molecule has 1 unspecified atom stereocenters. The molecule has 1 aromatic rings. The van der Waals surface area contributed by atoms with Crippen molar-refractivity contribution in [2.75, 3.05) is 13.1 Å². The van der Waals surface area contributed by atoms with E-state index in [1.807, 2.05) is 25.7 Å². The van der Waals surface area contributed by atoms with Crippen LogP contribution in [0, 0.1) is 6.92 Å². The Morgan fingerprint density at radius 3 is 2.91 bits per heavy atom. The monoisotopic (exact) mass is 314 g/mol. The summed E-state index contributed by atoms with van der Waals surface area (Å²) in [6.07, 6.45) is 7.15. The molecule has 4 heteroatoms. The Labute approximate surface area is 138 Å². The van der Waals surface area contributed by atoms with Crippen LogP contribution in [0.4, 0.5) is 4.79 Å². The Morgan fingerprint density at radius 2 is 2.17 bits per heavy atom. The predicted molar refractivity (Wildman–Crippen MR) is 91.5 cm³/mol. The molecule has 3 rings (SSSR count). The molecule has 2 aliphatic rings. The summed E-state index contributed by atoms with van der Waals surface area (Å²) in [5, 5.41) is 0. The summed E-state index contributed by atoms with van der Waals surface area (Å²) >= 11 is 0. The number of piperidine rings is 1. The number of ether oxygens (including phenoxy) is 1. The Hall–Kier alpha value is -1.84. The predicted octanol–water partition coefficient (Wildman–Crippen LogP) is 4.07. The molecule has 0 aromatic carbocycles. The lowest BCUT2D eigenvalue weighted by atomic mass is 9.88. The van der Waals surface area contributed by atoms with Crippen molar-refractivity contribution in [1.82, 2.24) is 9.88 Å². The van der Waals surface area contributed by atoms with Gasteiger partial charge < -0.3 is 9.64 Å². The van der Waals surface area contributed by atoms with Crippen LogP contribution in [-0.4, -0.2) is 34.7 Å². The van der Waals surface area contributed by atoms with Gasteiger partial charge in [0.2, 0.25) is 0 Å². The van der Waals surface area contributed by atoms with Gasteiger partial charge in [-0.1, -0.05) is 12.1 Å². The lowest BCUT2D eigenvalue weighted by Crippen LogP contribution is -2.42. The lowest BCUT2D eigenvalue weighted by Gasteiger charge is -2.34. The first-order valence-corrected chi connectivity index (χ1v) is 8.48. The number of allylic oxidation sites excluding steroid dienone is 1. The van der Waals surface area contributed by atoms with E-state index in [0.29, 0.717) is 5.92 Å². The minimum atomic E-state index is -0.444. The minimum Gasteiger partial charge on any atom is -0.444 e. The maximum Gasteiger partial charge on any atom is 0.410 e. The first kappa shape index (κ1) is 16.0. The van der Waals surface area contributed by atoms with E-state index >= 15 is 0 Å². The number of amides is 1. The normalized spacial score (nSPS) is 20.5. The molecule has 1 saturated heterocycles. The van der Waals surface area contributed by atoms with Gasteiger partial charge in [0.05, 0.1) is 5.69 Å². The van der Waals surface area contributed by atoms with Crippen molar-refractivity contribution in [3.05, 3.63) is 34.7 Å². The maximum absolute atomic E-state index is 12.3. The molecule has 124 valence electrons. The van der Waals surface area contributed by atoms with Gasteiger partial charge in [0, 0.05) is 24.7 Å². The molecule has 4 nitrogen and oxygen atoms in total. The molecule has 1 fully saturated rings. The number of hydrogen-bond acceptors (Lipinski definition) is 3. The largest absolute Gasteiger partial charge is 0.444 e. The smallest absolute Gasteiger partial charge is 0.410 e. The number of aryl methyl sites for hydroxylation is 1. The molecule has 2 heterocycles. The second kappa shape index (κ2) is 5.99. The molecule has 1 amide bonds. The molecule has 1 aromatic heterocycles.